The van der Waals surface area contributed by atoms with Crippen molar-refractivity contribution in [3.63, 3.8) is 0 Å². The van der Waals surface area contributed by atoms with E-state index in [9.17, 15) is 13.2 Å². The van der Waals surface area contributed by atoms with E-state index in [4.69, 9.17) is 0 Å². The van der Waals surface area contributed by atoms with Crippen LogP contribution in [0.5, 0.6) is 0 Å². The number of amides is 1. The summed E-state index contributed by atoms with van der Waals surface area (Å²) in [5.74, 6) is -0.528. The Morgan fingerprint density at radius 3 is 2.37 bits per heavy atom. The van der Waals surface area contributed by atoms with E-state index in [0.717, 1.165) is 25.9 Å². The monoisotopic (exact) mass is 441 g/mol. The number of hydrogen-bond acceptors (Lipinski definition) is 5. The molecule has 30 heavy (non-hydrogen) atoms. The zero-order valence-electron chi connectivity index (χ0n) is 17.0. The molecule has 0 unspecified atom stereocenters. The molecule has 3 rings (SSSR count). The number of carbonyl (C=O) groups is 1. The van der Waals surface area contributed by atoms with Crippen LogP contribution < -0.4 is 9.73 Å². The zero-order chi connectivity index (χ0) is 21.7. The van der Waals surface area contributed by atoms with Gasteiger partial charge in [-0.15, -0.1) is 11.3 Å². The van der Waals surface area contributed by atoms with Crippen LogP contribution in [0.2, 0.25) is 0 Å². The molecular formula is C22H23N3O3S2. The molecule has 0 fully saturated rings. The van der Waals surface area contributed by atoms with Crippen LogP contribution in [0.25, 0.3) is 0 Å². The molecule has 2 aromatic carbocycles. The highest BCUT2D eigenvalue weighted by molar-refractivity contribution is 7.92. The number of sulfonamides is 1. The van der Waals surface area contributed by atoms with Crippen molar-refractivity contribution >= 4 is 39.2 Å². The second kappa shape index (κ2) is 9.23. The second-order valence-corrected chi connectivity index (χ2v) is 9.68. The van der Waals surface area contributed by atoms with Crippen molar-refractivity contribution in [3.8, 4) is 0 Å². The second-order valence-electron chi connectivity index (χ2n) is 6.87. The van der Waals surface area contributed by atoms with Crippen molar-refractivity contribution in [2.24, 2.45) is 5.10 Å². The van der Waals surface area contributed by atoms with Crippen LogP contribution in [0.3, 0.4) is 0 Å². The summed E-state index contributed by atoms with van der Waals surface area (Å²) in [6.07, 6.45) is 1.56. The number of para-hydroxylation sites is 1. The molecule has 3 aromatic rings. The van der Waals surface area contributed by atoms with Gasteiger partial charge in [-0.2, -0.15) is 5.10 Å². The summed E-state index contributed by atoms with van der Waals surface area (Å²) in [7, 11) is -3.94. The average molecular weight is 442 g/mol. The molecule has 6 nitrogen and oxygen atoms in total. The Labute approximate surface area is 180 Å². The Hall–Kier alpha value is -2.97. The molecule has 156 valence electrons. The van der Waals surface area contributed by atoms with E-state index >= 15 is 0 Å². The summed E-state index contributed by atoms with van der Waals surface area (Å²) >= 11 is 1.51. The molecule has 0 saturated carbocycles. The number of nitrogens with zero attached hydrogens (tertiary/aromatic N) is 2. The van der Waals surface area contributed by atoms with Crippen molar-refractivity contribution < 1.29 is 13.2 Å². The Bertz CT molecular complexity index is 1170. The van der Waals surface area contributed by atoms with Crippen LogP contribution in [0, 0.1) is 20.8 Å². The van der Waals surface area contributed by atoms with Crippen molar-refractivity contribution in [2.75, 3.05) is 10.8 Å². The van der Waals surface area contributed by atoms with Crippen LogP contribution in [0.1, 0.15) is 21.6 Å². The first-order valence-electron chi connectivity index (χ1n) is 9.30. The van der Waals surface area contributed by atoms with Gasteiger partial charge in [0.15, 0.2) is 0 Å². The Balaban J connectivity index is 1.87. The van der Waals surface area contributed by atoms with Crippen molar-refractivity contribution in [1.82, 2.24) is 5.43 Å². The van der Waals surface area contributed by atoms with Gasteiger partial charge in [-0.1, -0.05) is 35.9 Å². The lowest BCUT2D eigenvalue weighted by molar-refractivity contribution is -0.119. The molecule has 0 saturated heterocycles. The molecule has 0 aliphatic heterocycles. The standard InChI is InChI=1S/C22H23N3O3S2/c1-16-8-10-19(11-9-16)30(27,28)25(20-7-5-4-6-17(20)2)15-22(26)24-23-14-21-18(3)12-13-29-21/h4-14H,15H2,1-3H3,(H,24,26)/b23-14-. The fraction of sp³-hybridized carbons (Fsp3) is 0.182. The third-order valence-corrected chi connectivity index (χ3v) is 7.28. The van der Waals surface area contributed by atoms with Gasteiger partial charge in [-0.3, -0.25) is 9.10 Å². The summed E-state index contributed by atoms with van der Waals surface area (Å²) < 4.78 is 27.8. The zero-order valence-corrected chi connectivity index (χ0v) is 18.6. The van der Waals surface area contributed by atoms with E-state index in [1.54, 1.807) is 42.6 Å². The molecule has 8 heteroatoms. The summed E-state index contributed by atoms with van der Waals surface area (Å²) in [5.41, 5.74) is 5.64. The van der Waals surface area contributed by atoms with E-state index < -0.39 is 15.9 Å². The van der Waals surface area contributed by atoms with Gasteiger partial charge in [0.05, 0.1) is 16.8 Å². The van der Waals surface area contributed by atoms with E-state index in [1.807, 2.05) is 44.4 Å². The summed E-state index contributed by atoms with van der Waals surface area (Å²) in [6, 6.07) is 15.6. The van der Waals surface area contributed by atoms with E-state index in [1.165, 1.54) is 11.3 Å². The lowest BCUT2D eigenvalue weighted by atomic mass is 10.2. The van der Waals surface area contributed by atoms with Gasteiger partial charge < -0.3 is 0 Å². The van der Waals surface area contributed by atoms with Crippen LogP contribution in [0.15, 0.2) is 70.0 Å². The van der Waals surface area contributed by atoms with Gasteiger partial charge in [-0.05, 0) is 61.5 Å². The fourth-order valence-corrected chi connectivity index (χ4v) is 5.10. The van der Waals surface area contributed by atoms with Crippen LogP contribution >= 0.6 is 11.3 Å². The van der Waals surface area contributed by atoms with Gasteiger partial charge in [0.1, 0.15) is 6.54 Å². The van der Waals surface area contributed by atoms with Crippen LogP contribution in [0.4, 0.5) is 5.69 Å². The predicted octanol–water partition coefficient (Wildman–Crippen LogP) is 4.02. The maximum atomic E-state index is 13.3. The summed E-state index contributed by atoms with van der Waals surface area (Å²) in [5, 5.41) is 5.91. The molecule has 1 N–H and O–H groups in total. The summed E-state index contributed by atoms with van der Waals surface area (Å²) in [6.45, 7) is 5.26. The first-order valence-corrected chi connectivity index (χ1v) is 11.6. The number of aryl methyl sites for hydroxylation is 3. The quantitative estimate of drug-likeness (QED) is 0.444. The Morgan fingerprint density at radius 2 is 1.73 bits per heavy atom. The number of hydrazone groups is 1. The minimum Gasteiger partial charge on any atom is -0.271 e. The van der Waals surface area contributed by atoms with Crippen molar-refractivity contribution in [2.45, 2.75) is 25.7 Å². The number of hydrogen-bond donors (Lipinski definition) is 1. The molecule has 0 bridgehead atoms. The SMILES string of the molecule is Cc1ccc(S(=O)(=O)N(CC(=O)N/N=C\c2sccc2C)c2ccccc2C)cc1. The maximum absolute atomic E-state index is 13.3. The number of benzene rings is 2. The smallest absolute Gasteiger partial charge is 0.264 e. The van der Waals surface area contributed by atoms with Gasteiger partial charge >= 0.3 is 0 Å². The highest BCUT2D eigenvalue weighted by Gasteiger charge is 2.28. The largest absolute Gasteiger partial charge is 0.271 e. The first-order chi connectivity index (χ1) is 14.3. The maximum Gasteiger partial charge on any atom is 0.264 e. The molecule has 0 aliphatic rings. The number of nitrogens with one attached hydrogen (secondary N) is 1. The van der Waals surface area contributed by atoms with Gasteiger partial charge in [-0.25, -0.2) is 13.8 Å². The minimum atomic E-state index is -3.94. The van der Waals surface area contributed by atoms with E-state index in [0.29, 0.717) is 5.69 Å². The van der Waals surface area contributed by atoms with Gasteiger partial charge in [0.25, 0.3) is 15.9 Å². The molecule has 1 heterocycles. The Morgan fingerprint density at radius 1 is 1.03 bits per heavy atom. The van der Waals surface area contributed by atoms with Crippen LogP contribution in [-0.2, 0) is 14.8 Å². The van der Waals surface area contributed by atoms with Gasteiger partial charge in [0, 0.05) is 4.88 Å². The van der Waals surface area contributed by atoms with Gasteiger partial charge in [0.2, 0.25) is 0 Å². The van der Waals surface area contributed by atoms with E-state index in [-0.39, 0.29) is 11.4 Å². The third kappa shape index (κ3) is 4.95. The lowest BCUT2D eigenvalue weighted by Gasteiger charge is -2.25. The molecule has 0 radical (unpaired) electrons. The normalized spacial score (nSPS) is 11.6. The van der Waals surface area contributed by atoms with Crippen molar-refractivity contribution in [3.05, 3.63) is 81.5 Å². The first kappa shape index (κ1) is 21.7. The molecule has 0 atom stereocenters. The molecule has 1 amide bonds. The number of carbonyl (C=O) groups excluding carboxylic acids is 1. The summed E-state index contributed by atoms with van der Waals surface area (Å²) in [4.78, 5) is 13.6. The fourth-order valence-electron chi connectivity index (χ4n) is 2.83. The molecule has 0 aliphatic carbocycles. The number of rotatable bonds is 7. The Kier molecular flexibility index (Phi) is 6.69. The highest BCUT2D eigenvalue weighted by Crippen LogP contribution is 2.26. The minimum absolute atomic E-state index is 0.127. The number of anilines is 1. The number of thiophene rings is 1. The molecule has 0 spiro atoms. The van der Waals surface area contributed by atoms with E-state index in [2.05, 4.69) is 10.5 Å². The van der Waals surface area contributed by atoms with Crippen LogP contribution in [-0.4, -0.2) is 27.1 Å². The lowest BCUT2D eigenvalue weighted by Crippen LogP contribution is -2.40. The highest BCUT2D eigenvalue weighted by atomic mass is 32.2. The predicted molar refractivity (Wildman–Crippen MR) is 122 cm³/mol. The topological polar surface area (TPSA) is 78.8 Å². The molecular weight excluding hydrogens is 418 g/mol. The average Bonchev–Trinajstić information content (AvgIpc) is 3.12. The van der Waals surface area contributed by atoms with Crippen molar-refractivity contribution in [1.29, 1.82) is 0 Å². The molecule has 1 aromatic heterocycles. The third-order valence-electron chi connectivity index (χ3n) is 4.55.